The zero-order valence-corrected chi connectivity index (χ0v) is 11.4. The molecular formula is C14H20N2O3. The lowest BCUT2D eigenvalue weighted by Gasteiger charge is -2.14. The molecule has 0 saturated carbocycles. The van der Waals surface area contributed by atoms with E-state index in [1.807, 2.05) is 6.07 Å². The number of hydrogen-bond acceptors (Lipinski definition) is 4. The smallest absolute Gasteiger partial charge is 0.272 e. The first-order valence-corrected chi connectivity index (χ1v) is 6.64. The lowest BCUT2D eigenvalue weighted by Crippen LogP contribution is -2.26. The summed E-state index contributed by atoms with van der Waals surface area (Å²) in [4.78, 5) is 10.5. The second-order valence-electron chi connectivity index (χ2n) is 5.13. The largest absolute Gasteiger partial charge is 0.378 e. The van der Waals surface area contributed by atoms with Crippen LogP contribution in [0.4, 0.5) is 5.69 Å². The molecule has 0 aliphatic carbocycles. The van der Waals surface area contributed by atoms with Crippen molar-refractivity contribution in [3.05, 3.63) is 39.4 Å². The predicted molar refractivity (Wildman–Crippen MR) is 73.1 cm³/mol. The number of benzene rings is 1. The minimum atomic E-state index is -0.328. The van der Waals surface area contributed by atoms with Gasteiger partial charge in [0.25, 0.3) is 5.69 Å². The van der Waals surface area contributed by atoms with Crippen molar-refractivity contribution in [2.24, 2.45) is 5.92 Å². The highest BCUT2D eigenvalue weighted by atomic mass is 16.6. The van der Waals surface area contributed by atoms with E-state index in [2.05, 4.69) is 12.2 Å². The summed E-state index contributed by atoms with van der Waals surface area (Å²) in [7, 11) is 0. The van der Waals surface area contributed by atoms with Crippen molar-refractivity contribution in [1.82, 2.24) is 5.32 Å². The van der Waals surface area contributed by atoms with Crippen molar-refractivity contribution in [3.63, 3.8) is 0 Å². The summed E-state index contributed by atoms with van der Waals surface area (Å²) >= 11 is 0. The predicted octanol–water partition coefficient (Wildman–Crippen LogP) is 2.42. The number of ether oxygens (including phenoxy) is 1. The molecule has 2 unspecified atom stereocenters. The topological polar surface area (TPSA) is 64.4 Å². The quantitative estimate of drug-likeness (QED) is 0.655. The first kappa shape index (κ1) is 14.0. The molecule has 0 radical (unpaired) electrons. The number of nitrogens with zero attached hydrogens (tertiary/aromatic N) is 1. The van der Waals surface area contributed by atoms with Gasteiger partial charge in [-0.2, -0.15) is 0 Å². The van der Waals surface area contributed by atoms with Crippen LogP contribution in [0.5, 0.6) is 0 Å². The summed E-state index contributed by atoms with van der Waals surface area (Å²) in [5.41, 5.74) is 1.84. The van der Waals surface area contributed by atoms with E-state index in [9.17, 15) is 10.1 Å². The molecule has 5 heteroatoms. The fourth-order valence-electron chi connectivity index (χ4n) is 2.41. The molecule has 1 aromatic rings. The maximum Gasteiger partial charge on any atom is 0.272 e. The van der Waals surface area contributed by atoms with Crippen LogP contribution in [0.2, 0.25) is 0 Å². The van der Waals surface area contributed by atoms with Gasteiger partial charge in [-0.1, -0.05) is 12.1 Å². The average molecular weight is 264 g/mol. The highest BCUT2D eigenvalue weighted by Crippen LogP contribution is 2.21. The van der Waals surface area contributed by atoms with Gasteiger partial charge in [0.2, 0.25) is 0 Å². The van der Waals surface area contributed by atoms with Crippen molar-refractivity contribution in [2.75, 3.05) is 13.2 Å². The van der Waals surface area contributed by atoms with Crippen LogP contribution in [-0.4, -0.2) is 24.2 Å². The van der Waals surface area contributed by atoms with Gasteiger partial charge in [-0.3, -0.25) is 10.1 Å². The molecule has 1 aromatic carbocycles. The van der Waals surface area contributed by atoms with Crippen LogP contribution in [0, 0.1) is 23.0 Å². The van der Waals surface area contributed by atoms with Gasteiger partial charge in [-0.15, -0.1) is 0 Å². The molecule has 1 heterocycles. The fraction of sp³-hybridized carbons (Fsp3) is 0.571. The molecule has 2 rings (SSSR count). The Bertz CT molecular complexity index is 462. The van der Waals surface area contributed by atoms with E-state index in [4.69, 9.17) is 4.74 Å². The SMILES string of the molecule is Cc1ccc(CNCC2CCOC2C)cc1[N+](=O)[O-]. The molecule has 1 fully saturated rings. The van der Waals surface area contributed by atoms with E-state index in [1.54, 1.807) is 19.1 Å². The van der Waals surface area contributed by atoms with Crippen molar-refractivity contribution in [3.8, 4) is 0 Å². The summed E-state index contributed by atoms with van der Waals surface area (Å²) in [5.74, 6) is 0.542. The maximum absolute atomic E-state index is 10.9. The second-order valence-corrected chi connectivity index (χ2v) is 5.13. The van der Waals surface area contributed by atoms with Crippen LogP contribution in [0.25, 0.3) is 0 Å². The Kier molecular flexibility index (Phi) is 4.50. The molecule has 0 bridgehead atoms. The van der Waals surface area contributed by atoms with E-state index in [-0.39, 0.29) is 10.6 Å². The lowest BCUT2D eigenvalue weighted by molar-refractivity contribution is -0.385. The third-order valence-electron chi connectivity index (χ3n) is 3.74. The van der Waals surface area contributed by atoms with Gasteiger partial charge in [-0.25, -0.2) is 0 Å². The normalized spacial score (nSPS) is 22.6. The highest BCUT2D eigenvalue weighted by Gasteiger charge is 2.23. The molecule has 0 aromatic heterocycles. The highest BCUT2D eigenvalue weighted by molar-refractivity contribution is 5.42. The van der Waals surface area contributed by atoms with Gasteiger partial charge in [-0.05, 0) is 31.7 Å². The zero-order chi connectivity index (χ0) is 13.8. The molecule has 5 nitrogen and oxygen atoms in total. The first-order valence-electron chi connectivity index (χ1n) is 6.64. The summed E-state index contributed by atoms with van der Waals surface area (Å²) in [6.45, 7) is 6.24. The van der Waals surface area contributed by atoms with Crippen LogP contribution in [0.3, 0.4) is 0 Å². The molecule has 0 spiro atoms. The summed E-state index contributed by atoms with van der Waals surface area (Å²) < 4.78 is 5.51. The zero-order valence-electron chi connectivity index (χ0n) is 11.4. The van der Waals surface area contributed by atoms with Gasteiger partial charge in [0, 0.05) is 31.3 Å². The molecule has 104 valence electrons. The second kappa shape index (κ2) is 6.12. The third-order valence-corrected chi connectivity index (χ3v) is 3.74. The Morgan fingerprint density at radius 1 is 1.53 bits per heavy atom. The fourth-order valence-corrected chi connectivity index (χ4v) is 2.41. The molecule has 1 aliphatic heterocycles. The Morgan fingerprint density at radius 2 is 2.32 bits per heavy atom. The Hall–Kier alpha value is -1.46. The van der Waals surface area contributed by atoms with E-state index >= 15 is 0 Å². The number of nitrogens with one attached hydrogen (secondary N) is 1. The lowest BCUT2D eigenvalue weighted by atomic mass is 10.0. The van der Waals surface area contributed by atoms with E-state index < -0.39 is 0 Å². The van der Waals surface area contributed by atoms with E-state index in [0.29, 0.717) is 24.1 Å². The number of nitro benzene ring substituents is 1. The van der Waals surface area contributed by atoms with Crippen LogP contribution >= 0.6 is 0 Å². The summed E-state index contributed by atoms with van der Waals surface area (Å²) in [6.07, 6.45) is 1.39. The Morgan fingerprint density at radius 3 is 2.95 bits per heavy atom. The molecular weight excluding hydrogens is 244 g/mol. The van der Waals surface area contributed by atoms with Crippen LogP contribution in [0.1, 0.15) is 24.5 Å². The van der Waals surface area contributed by atoms with E-state index in [1.165, 1.54) is 0 Å². The van der Waals surface area contributed by atoms with Crippen LogP contribution < -0.4 is 5.32 Å². The van der Waals surface area contributed by atoms with Gasteiger partial charge < -0.3 is 10.1 Å². The van der Waals surface area contributed by atoms with Gasteiger partial charge >= 0.3 is 0 Å². The number of aryl methyl sites for hydroxylation is 1. The van der Waals surface area contributed by atoms with Gasteiger partial charge in [0.1, 0.15) is 0 Å². The molecule has 1 N–H and O–H groups in total. The molecule has 1 aliphatic rings. The minimum Gasteiger partial charge on any atom is -0.378 e. The van der Waals surface area contributed by atoms with Crippen molar-refractivity contribution in [2.45, 2.75) is 32.9 Å². The minimum absolute atomic E-state index is 0.192. The summed E-state index contributed by atoms with van der Waals surface area (Å²) in [6, 6.07) is 5.39. The maximum atomic E-state index is 10.9. The van der Waals surface area contributed by atoms with Gasteiger partial charge in [0.05, 0.1) is 11.0 Å². The molecule has 0 amide bonds. The molecule has 1 saturated heterocycles. The number of rotatable bonds is 5. The van der Waals surface area contributed by atoms with Crippen LogP contribution in [-0.2, 0) is 11.3 Å². The van der Waals surface area contributed by atoms with Crippen molar-refractivity contribution in [1.29, 1.82) is 0 Å². The first-order chi connectivity index (χ1) is 9.08. The van der Waals surface area contributed by atoms with Crippen LogP contribution in [0.15, 0.2) is 18.2 Å². The van der Waals surface area contributed by atoms with Crippen molar-refractivity contribution < 1.29 is 9.66 Å². The summed E-state index contributed by atoms with van der Waals surface area (Å²) in [5, 5.41) is 14.2. The molecule has 19 heavy (non-hydrogen) atoms. The Balaban J connectivity index is 1.89. The Labute approximate surface area is 113 Å². The molecule has 2 atom stereocenters. The third kappa shape index (κ3) is 3.52. The number of hydrogen-bond donors (Lipinski definition) is 1. The monoisotopic (exact) mass is 264 g/mol. The van der Waals surface area contributed by atoms with Crippen molar-refractivity contribution >= 4 is 5.69 Å². The van der Waals surface area contributed by atoms with E-state index in [0.717, 1.165) is 25.1 Å². The number of nitro groups is 1. The standard InChI is InChI=1S/C14H20N2O3/c1-10-3-4-12(7-14(10)16(17)18)8-15-9-13-5-6-19-11(13)2/h3-4,7,11,13,15H,5-6,8-9H2,1-2H3. The van der Waals surface area contributed by atoms with Gasteiger partial charge in [0.15, 0.2) is 0 Å². The average Bonchev–Trinajstić information content (AvgIpc) is 2.77.